The number of rotatable bonds is 5. The molecule has 0 aliphatic rings. The molecule has 1 amide bonds. The summed E-state index contributed by atoms with van der Waals surface area (Å²) in [7, 11) is 0. The van der Waals surface area contributed by atoms with Crippen molar-refractivity contribution in [2.24, 2.45) is 0 Å². The minimum absolute atomic E-state index is 0.0977. The van der Waals surface area contributed by atoms with Crippen molar-refractivity contribution in [2.45, 2.75) is 13.3 Å². The molecular weight excluding hydrogens is 255 g/mol. The summed E-state index contributed by atoms with van der Waals surface area (Å²) in [5, 5.41) is 5.72. The maximum atomic E-state index is 13.3. The molecule has 2 rings (SSSR count). The number of amides is 1. The molecule has 3 nitrogen and oxygen atoms in total. The Morgan fingerprint density at radius 1 is 1.15 bits per heavy atom. The topological polar surface area (TPSA) is 41.1 Å². The number of benzene rings is 2. The number of anilines is 2. The standard InChI is InChI=1S/C16H17FN2O/c1-12-5-4-6-13(11-12)19-16(20)9-10-18-15-8-3-2-7-14(15)17/h2-8,11,18H,9-10H2,1H3,(H,19,20). The van der Waals surface area contributed by atoms with E-state index in [1.165, 1.54) is 6.07 Å². The highest BCUT2D eigenvalue weighted by atomic mass is 19.1. The lowest BCUT2D eigenvalue weighted by molar-refractivity contribution is -0.115. The Morgan fingerprint density at radius 2 is 1.95 bits per heavy atom. The van der Waals surface area contributed by atoms with E-state index in [1.54, 1.807) is 18.2 Å². The summed E-state index contributed by atoms with van der Waals surface area (Å²) in [6.45, 7) is 2.36. The first-order chi connectivity index (χ1) is 9.65. The number of carbonyl (C=O) groups is 1. The van der Waals surface area contributed by atoms with Gasteiger partial charge in [0.1, 0.15) is 5.82 Å². The Kier molecular flexibility index (Phi) is 4.71. The van der Waals surface area contributed by atoms with E-state index in [9.17, 15) is 9.18 Å². The van der Waals surface area contributed by atoms with E-state index in [4.69, 9.17) is 0 Å². The molecule has 0 radical (unpaired) electrons. The molecule has 20 heavy (non-hydrogen) atoms. The normalized spacial score (nSPS) is 10.1. The van der Waals surface area contributed by atoms with Gasteiger partial charge >= 0.3 is 0 Å². The third-order valence-corrected chi connectivity index (χ3v) is 2.84. The second kappa shape index (κ2) is 6.70. The van der Waals surface area contributed by atoms with Crippen LogP contribution in [0.3, 0.4) is 0 Å². The molecule has 0 spiro atoms. The lowest BCUT2D eigenvalue weighted by Crippen LogP contribution is -2.16. The van der Waals surface area contributed by atoms with Crippen molar-refractivity contribution < 1.29 is 9.18 Å². The van der Waals surface area contributed by atoms with Gasteiger partial charge in [-0.25, -0.2) is 4.39 Å². The zero-order valence-corrected chi connectivity index (χ0v) is 11.3. The number of hydrogen-bond acceptors (Lipinski definition) is 2. The number of hydrogen-bond donors (Lipinski definition) is 2. The Hall–Kier alpha value is -2.36. The highest BCUT2D eigenvalue weighted by Crippen LogP contribution is 2.12. The van der Waals surface area contributed by atoms with Crippen LogP contribution in [-0.4, -0.2) is 12.5 Å². The Morgan fingerprint density at radius 3 is 2.70 bits per heavy atom. The van der Waals surface area contributed by atoms with Crippen LogP contribution in [0.4, 0.5) is 15.8 Å². The summed E-state index contributed by atoms with van der Waals surface area (Å²) in [5.41, 5.74) is 2.28. The lowest BCUT2D eigenvalue weighted by Gasteiger charge is -2.08. The minimum Gasteiger partial charge on any atom is -0.382 e. The summed E-state index contributed by atoms with van der Waals surface area (Å²) in [4.78, 5) is 11.8. The number of carbonyl (C=O) groups excluding carboxylic acids is 1. The second-order valence-corrected chi connectivity index (χ2v) is 4.57. The van der Waals surface area contributed by atoms with Gasteiger partial charge in [-0.15, -0.1) is 0 Å². The van der Waals surface area contributed by atoms with Crippen LogP contribution in [0.15, 0.2) is 48.5 Å². The average Bonchev–Trinajstić information content (AvgIpc) is 2.41. The van der Waals surface area contributed by atoms with Gasteiger partial charge in [0.15, 0.2) is 0 Å². The van der Waals surface area contributed by atoms with Crippen molar-refractivity contribution in [1.82, 2.24) is 0 Å². The van der Waals surface area contributed by atoms with Gasteiger partial charge in [-0.1, -0.05) is 24.3 Å². The monoisotopic (exact) mass is 272 g/mol. The first-order valence-corrected chi connectivity index (χ1v) is 6.50. The lowest BCUT2D eigenvalue weighted by atomic mass is 10.2. The molecule has 0 bridgehead atoms. The van der Waals surface area contributed by atoms with Gasteiger partial charge in [0.05, 0.1) is 5.69 Å². The number of nitrogens with one attached hydrogen (secondary N) is 2. The molecule has 0 atom stereocenters. The Labute approximate surface area is 117 Å². The first kappa shape index (κ1) is 14.1. The maximum Gasteiger partial charge on any atom is 0.226 e. The summed E-state index contributed by atoms with van der Waals surface area (Å²) in [6.07, 6.45) is 0.280. The van der Waals surface area contributed by atoms with Crippen molar-refractivity contribution in [3.8, 4) is 0 Å². The van der Waals surface area contributed by atoms with Gasteiger partial charge in [-0.3, -0.25) is 4.79 Å². The van der Waals surface area contributed by atoms with E-state index >= 15 is 0 Å². The molecule has 0 heterocycles. The predicted octanol–water partition coefficient (Wildman–Crippen LogP) is 3.57. The van der Waals surface area contributed by atoms with Crippen molar-refractivity contribution in [3.63, 3.8) is 0 Å². The van der Waals surface area contributed by atoms with Crippen molar-refractivity contribution in [2.75, 3.05) is 17.2 Å². The predicted molar refractivity (Wildman–Crippen MR) is 79.3 cm³/mol. The SMILES string of the molecule is Cc1cccc(NC(=O)CCNc2ccccc2F)c1. The first-order valence-electron chi connectivity index (χ1n) is 6.50. The smallest absolute Gasteiger partial charge is 0.226 e. The van der Waals surface area contributed by atoms with Crippen molar-refractivity contribution in [3.05, 3.63) is 59.9 Å². The fourth-order valence-electron chi connectivity index (χ4n) is 1.86. The van der Waals surface area contributed by atoms with Gasteiger partial charge in [-0.05, 0) is 36.8 Å². The van der Waals surface area contributed by atoms with Gasteiger partial charge in [0, 0.05) is 18.7 Å². The van der Waals surface area contributed by atoms with E-state index in [0.29, 0.717) is 12.2 Å². The van der Waals surface area contributed by atoms with Gasteiger partial charge in [0.2, 0.25) is 5.91 Å². The van der Waals surface area contributed by atoms with Gasteiger partial charge < -0.3 is 10.6 Å². The molecule has 4 heteroatoms. The van der Waals surface area contributed by atoms with Crippen LogP contribution in [0, 0.1) is 12.7 Å². The van der Waals surface area contributed by atoms with Crippen molar-refractivity contribution in [1.29, 1.82) is 0 Å². The van der Waals surface area contributed by atoms with Crippen molar-refractivity contribution >= 4 is 17.3 Å². The molecule has 2 aromatic rings. The molecule has 0 aliphatic heterocycles. The molecular formula is C16H17FN2O. The van der Waals surface area contributed by atoms with Gasteiger partial charge in [-0.2, -0.15) is 0 Å². The minimum atomic E-state index is -0.313. The van der Waals surface area contributed by atoms with E-state index in [-0.39, 0.29) is 18.1 Å². The van der Waals surface area contributed by atoms with Crippen LogP contribution in [0.1, 0.15) is 12.0 Å². The van der Waals surface area contributed by atoms with E-state index < -0.39 is 0 Å². The summed E-state index contributed by atoms with van der Waals surface area (Å²) in [5.74, 6) is -0.411. The van der Waals surface area contributed by atoms with E-state index in [0.717, 1.165) is 11.3 Å². The highest BCUT2D eigenvalue weighted by Gasteiger charge is 2.04. The molecule has 0 aromatic heterocycles. The molecule has 0 saturated carbocycles. The largest absolute Gasteiger partial charge is 0.382 e. The zero-order chi connectivity index (χ0) is 14.4. The molecule has 104 valence electrons. The molecule has 0 aliphatic carbocycles. The van der Waals surface area contributed by atoms with E-state index in [2.05, 4.69) is 10.6 Å². The fraction of sp³-hybridized carbons (Fsp3) is 0.188. The quantitative estimate of drug-likeness (QED) is 0.873. The summed E-state index contributed by atoms with van der Waals surface area (Å²) >= 11 is 0. The van der Waals surface area contributed by atoms with Crippen LogP contribution in [-0.2, 0) is 4.79 Å². The molecule has 0 fully saturated rings. The maximum absolute atomic E-state index is 13.3. The number of para-hydroxylation sites is 1. The van der Waals surface area contributed by atoms with Gasteiger partial charge in [0.25, 0.3) is 0 Å². The zero-order valence-electron chi connectivity index (χ0n) is 11.3. The van der Waals surface area contributed by atoms with Crippen LogP contribution < -0.4 is 10.6 Å². The molecule has 2 N–H and O–H groups in total. The Balaban J connectivity index is 1.80. The van der Waals surface area contributed by atoms with Crippen LogP contribution in [0.2, 0.25) is 0 Å². The summed E-state index contributed by atoms with van der Waals surface area (Å²) < 4.78 is 13.3. The highest BCUT2D eigenvalue weighted by molar-refractivity contribution is 5.91. The Bertz CT molecular complexity index is 599. The average molecular weight is 272 g/mol. The van der Waals surface area contributed by atoms with Crippen LogP contribution in [0.5, 0.6) is 0 Å². The fourth-order valence-corrected chi connectivity index (χ4v) is 1.86. The third-order valence-electron chi connectivity index (χ3n) is 2.84. The van der Waals surface area contributed by atoms with E-state index in [1.807, 2.05) is 31.2 Å². The molecule has 2 aromatic carbocycles. The number of aryl methyl sites for hydroxylation is 1. The molecule has 0 unspecified atom stereocenters. The number of halogens is 1. The third kappa shape index (κ3) is 4.09. The second-order valence-electron chi connectivity index (χ2n) is 4.57. The van der Waals surface area contributed by atoms with Crippen LogP contribution in [0.25, 0.3) is 0 Å². The molecule has 0 saturated heterocycles. The summed E-state index contributed by atoms with van der Waals surface area (Å²) in [6, 6.07) is 14.0. The van der Waals surface area contributed by atoms with Crippen LogP contribution >= 0.6 is 0 Å².